The van der Waals surface area contributed by atoms with Crippen molar-refractivity contribution in [3.63, 3.8) is 0 Å². The Morgan fingerprint density at radius 3 is 2.80 bits per heavy atom. The Kier molecular flexibility index (Phi) is 4.80. The molecule has 0 fully saturated rings. The molecule has 1 atom stereocenters. The molecule has 0 aliphatic carbocycles. The van der Waals surface area contributed by atoms with E-state index in [1.165, 1.54) is 5.56 Å². The van der Waals surface area contributed by atoms with E-state index in [1.54, 1.807) is 0 Å². The third-order valence-electron chi connectivity index (χ3n) is 2.19. The summed E-state index contributed by atoms with van der Waals surface area (Å²) >= 11 is 3.49. The molecule has 0 aromatic heterocycles. The first-order valence-corrected chi connectivity index (χ1v) is 5.87. The third kappa shape index (κ3) is 3.33. The van der Waals surface area contributed by atoms with Crippen LogP contribution in [0.5, 0.6) is 0 Å². The average molecular weight is 267 g/mol. The molecule has 1 aromatic rings. The van der Waals surface area contributed by atoms with Crippen LogP contribution in [0.3, 0.4) is 0 Å². The van der Waals surface area contributed by atoms with E-state index in [2.05, 4.69) is 34.2 Å². The molecule has 1 aromatic carbocycles. The minimum atomic E-state index is -0.222. The fourth-order valence-electron chi connectivity index (χ4n) is 1.38. The zero-order valence-corrected chi connectivity index (χ0v) is 10.6. The number of nitrogens with one attached hydrogen (secondary N) is 1. The van der Waals surface area contributed by atoms with Crippen molar-refractivity contribution in [2.45, 2.75) is 26.3 Å². The summed E-state index contributed by atoms with van der Waals surface area (Å²) in [4.78, 5) is 0. The Labute approximate surface area is 99.4 Å². The molecule has 1 N–H and O–H groups in total. The van der Waals surface area contributed by atoms with E-state index in [9.17, 15) is 0 Å². The Bertz CT molecular complexity index is 368. The molecule has 0 radical (unpaired) electrons. The van der Waals surface area contributed by atoms with Crippen molar-refractivity contribution in [1.82, 2.24) is 5.32 Å². The molecule has 0 saturated carbocycles. The number of hydrogen-bond donors (Lipinski definition) is 1. The summed E-state index contributed by atoms with van der Waals surface area (Å²) in [5.74, 6) is 0. The number of benzene rings is 1. The molecule has 0 bridgehead atoms. The minimum absolute atomic E-state index is 0.222. The molecule has 0 heterocycles. The molecular formula is C12H15BrN2. The van der Waals surface area contributed by atoms with Gasteiger partial charge in [-0.2, -0.15) is 5.26 Å². The summed E-state index contributed by atoms with van der Waals surface area (Å²) in [6.07, 6.45) is 1.03. The lowest BCUT2D eigenvalue weighted by Gasteiger charge is -2.13. The second-order valence-electron chi connectivity index (χ2n) is 3.54. The van der Waals surface area contributed by atoms with Crippen molar-refractivity contribution in [3.05, 3.63) is 33.8 Å². The molecule has 15 heavy (non-hydrogen) atoms. The number of rotatable bonds is 4. The maximum absolute atomic E-state index is 9.07. The molecule has 3 heteroatoms. The van der Waals surface area contributed by atoms with E-state index < -0.39 is 0 Å². The van der Waals surface area contributed by atoms with Crippen molar-refractivity contribution in [3.8, 4) is 6.07 Å². The molecule has 0 aliphatic heterocycles. The lowest BCUT2D eigenvalue weighted by Crippen LogP contribution is -2.20. The zero-order chi connectivity index (χ0) is 11.3. The Balaban J connectivity index is 2.88. The summed E-state index contributed by atoms with van der Waals surface area (Å²) in [6, 6.07) is 8.11. The zero-order valence-electron chi connectivity index (χ0n) is 9.05. The van der Waals surface area contributed by atoms with Gasteiger partial charge in [0.15, 0.2) is 0 Å². The van der Waals surface area contributed by atoms with Gasteiger partial charge in [-0.05, 0) is 37.1 Å². The van der Waals surface area contributed by atoms with Gasteiger partial charge in [-0.3, -0.25) is 5.32 Å². The van der Waals surface area contributed by atoms with E-state index in [0.717, 1.165) is 23.0 Å². The van der Waals surface area contributed by atoms with E-state index in [-0.39, 0.29) is 6.04 Å². The first kappa shape index (κ1) is 12.2. The van der Waals surface area contributed by atoms with E-state index in [0.29, 0.717) is 0 Å². The highest BCUT2D eigenvalue weighted by atomic mass is 79.9. The van der Waals surface area contributed by atoms with Gasteiger partial charge < -0.3 is 0 Å². The Morgan fingerprint density at radius 2 is 2.27 bits per heavy atom. The summed E-state index contributed by atoms with van der Waals surface area (Å²) in [5.41, 5.74) is 2.20. The first-order valence-electron chi connectivity index (χ1n) is 5.08. The number of nitrogens with zero attached hydrogens (tertiary/aromatic N) is 1. The Morgan fingerprint density at radius 1 is 1.53 bits per heavy atom. The summed E-state index contributed by atoms with van der Waals surface area (Å²) in [5, 5.41) is 12.3. The quantitative estimate of drug-likeness (QED) is 0.908. The molecule has 0 saturated heterocycles. The number of aryl methyl sites for hydroxylation is 1. The monoisotopic (exact) mass is 266 g/mol. The van der Waals surface area contributed by atoms with Gasteiger partial charge in [0.25, 0.3) is 0 Å². The second kappa shape index (κ2) is 5.89. The molecule has 0 aliphatic rings. The molecule has 80 valence electrons. The third-order valence-corrected chi connectivity index (χ3v) is 2.88. The molecule has 0 spiro atoms. The van der Waals surface area contributed by atoms with Crippen molar-refractivity contribution in [1.29, 1.82) is 5.26 Å². The van der Waals surface area contributed by atoms with Gasteiger partial charge >= 0.3 is 0 Å². The fourth-order valence-corrected chi connectivity index (χ4v) is 2.10. The van der Waals surface area contributed by atoms with Crippen LogP contribution < -0.4 is 5.32 Å². The van der Waals surface area contributed by atoms with Crippen LogP contribution in [-0.2, 0) is 0 Å². The molecule has 0 amide bonds. The van der Waals surface area contributed by atoms with Crippen LogP contribution in [0, 0.1) is 18.3 Å². The van der Waals surface area contributed by atoms with Crippen molar-refractivity contribution < 1.29 is 0 Å². The van der Waals surface area contributed by atoms with Gasteiger partial charge in [0, 0.05) is 4.47 Å². The van der Waals surface area contributed by atoms with Crippen LogP contribution in [-0.4, -0.2) is 6.54 Å². The van der Waals surface area contributed by atoms with E-state index >= 15 is 0 Å². The predicted octanol–water partition coefficient (Wildman–Crippen LogP) is 3.32. The SMILES string of the molecule is CCCNC(C#N)c1ccc(C)cc1Br. The highest BCUT2D eigenvalue weighted by Gasteiger charge is 2.12. The van der Waals surface area contributed by atoms with Crippen molar-refractivity contribution in [2.75, 3.05) is 6.54 Å². The maximum Gasteiger partial charge on any atom is 0.122 e. The molecular weight excluding hydrogens is 252 g/mol. The molecule has 1 rings (SSSR count). The number of nitriles is 1. The fraction of sp³-hybridized carbons (Fsp3) is 0.417. The number of halogens is 1. The maximum atomic E-state index is 9.07. The second-order valence-corrected chi connectivity index (χ2v) is 4.40. The highest BCUT2D eigenvalue weighted by Crippen LogP contribution is 2.24. The minimum Gasteiger partial charge on any atom is -0.298 e. The summed E-state index contributed by atoms with van der Waals surface area (Å²) in [7, 11) is 0. The predicted molar refractivity (Wildman–Crippen MR) is 65.5 cm³/mol. The smallest absolute Gasteiger partial charge is 0.122 e. The van der Waals surface area contributed by atoms with Crippen LogP contribution in [0.15, 0.2) is 22.7 Å². The summed E-state index contributed by atoms with van der Waals surface area (Å²) < 4.78 is 0.998. The van der Waals surface area contributed by atoms with Crippen LogP contribution in [0.4, 0.5) is 0 Å². The Hall–Kier alpha value is -0.850. The van der Waals surface area contributed by atoms with Crippen LogP contribution in [0.25, 0.3) is 0 Å². The first-order chi connectivity index (χ1) is 7.19. The van der Waals surface area contributed by atoms with Gasteiger partial charge in [-0.1, -0.05) is 35.0 Å². The van der Waals surface area contributed by atoms with Gasteiger partial charge in [-0.15, -0.1) is 0 Å². The van der Waals surface area contributed by atoms with Gasteiger partial charge in [0.05, 0.1) is 6.07 Å². The van der Waals surface area contributed by atoms with Gasteiger partial charge in [0.1, 0.15) is 6.04 Å². The van der Waals surface area contributed by atoms with Gasteiger partial charge in [0.2, 0.25) is 0 Å². The standard InChI is InChI=1S/C12H15BrN2/c1-3-6-15-12(8-14)10-5-4-9(2)7-11(10)13/h4-5,7,12,15H,3,6H2,1-2H3. The van der Waals surface area contributed by atoms with E-state index in [4.69, 9.17) is 5.26 Å². The van der Waals surface area contributed by atoms with Crippen molar-refractivity contribution in [2.24, 2.45) is 0 Å². The normalized spacial score (nSPS) is 12.1. The molecule has 2 nitrogen and oxygen atoms in total. The number of hydrogen-bond acceptors (Lipinski definition) is 2. The highest BCUT2D eigenvalue weighted by molar-refractivity contribution is 9.10. The van der Waals surface area contributed by atoms with Crippen LogP contribution in [0.1, 0.15) is 30.5 Å². The summed E-state index contributed by atoms with van der Waals surface area (Å²) in [6.45, 7) is 4.99. The lowest BCUT2D eigenvalue weighted by atomic mass is 10.1. The van der Waals surface area contributed by atoms with Crippen molar-refractivity contribution >= 4 is 15.9 Å². The topological polar surface area (TPSA) is 35.8 Å². The van der Waals surface area contributed by atoms with E-state index in [1.807, 2.05) is 25.1 Å². The van der Waals surface area contributed by atoms with Gasteiger partial charge in [-0.25, -0.2) is 0 Å². The van der Waals surface area contributed by atoms with Crippen LogP contribution >= 0.6 is 15.9 Å². The molecule has 1 unspecified atom stereocenters. The lowest BCUT2D eigenvalue weighted by molar-refractivity contribution is 0.619. The largest absolute Gasteiger partial charge is 0.298 e. The average Bonchev–Trinajstić information content (AvgIpc) is 2.21. The van der Waals surface area contributed by atoms with Crippen LogP contribution in [0.2, 0.25) is 0 Å².